The Kier molecular flexibility index (Phi) is 6.46. The maximum absolute atomic E-state index is 12.7. The smallest absolute Gasteiger partial charge is 0.251 e. The predicted octanol–water partition coefficient (Wildman–Crippen LogP) is 6.93. The highest BCUT2D eigenvalue weighted by molar-refractivity contribution is 6.34. The molecular weight excluding hydrogens is 413 g/mol. The molecule has 0 aliphatic heterocycles. The largest absolute Gasteiger partial charge is 0.349 e. The Bertz CT molecular complexity index is 997. The standard InChI is InChI=1S/C26H25Cl2NO/c27-24-14-8-7-13-23(24)26(28,20-9-3-1-4-10-20)21-17-15-19(16-18-21)25(30)29-22-11-5-2-6-12-22/h1,3-4,7-10,13-18,22H,2,5-6,11-12H2,(H,29,30). The molecule has 1 saturated carbocycles. The second-order valence-corrected chi connectivity index (χ2v) is 8.86. The molecule has 0 radical (unpaired) electrons. The Morgan fingerprint density at radius 3 is 2.07 bits per heavy atom. The normalized spacial score (nSPS) is 16.6. The summed E-state index contributed by atoms with van der Waals surface area (Å²) in [5.74, 6) is -0.0222. The summed E-state index contributed by atoms with van der Waals surface area (Å²) in [6.45, 7) is 0. The minimum absolute atomic E-state index is 0.0222. The third-order valence-electron chi connectivity index (χ3n) is 5.90. The van der Waals surface area contributed by atoms with Gasteiger partial charge >= 0.3 is 0 Å². The van der Waals surface area contributed by atoms with Crippen molar-refractivity contribution < 1.29 is 4.79 Å². The summed E-state index contributed by atoms with van der Waals surface area (Å²) in [7, 11) is 0. The number of halogens is 2. The first-order chi connectivity index (χ1) is 14.6. The zero-order chi connectivity index (χ0) is 21.0. The zero-order valence-corrected chi connectivity index (χ0v) is 18.3. The van der Waals surface area contributed by atoms with Crippen LogP contribution in [-0.4, -0.2) is 11.9 Å². The number of carbonyl (C=O) groups excluding carboxylic acids is 1. The number of alkyl halides is 1. The topological polar surface area (TPSA) is 29.1 Å². The van der Waals surface area contributed by atoms with Crippen molar-refractivity contribution in [3.63, 3.8) is 0 Å². The molecule has 3 aromatic carbocycles. The molecular formula is C26H25Cl2NO. The van der Waals surface area contributed by atoms with E-state index < -0.39 is 4.87 Å². The van der Waals surface area contributed by atoms with Crippen molar-refractivity contribution in [2.24, 2.45) is 0 Å². The third kappa shape index (κ3) is 4.26. The molecule has 1 fully saturated rings. The van der Waals surface area contributed by atoms with Crippen LogP contribution in [0.2, 0.25) is 5.02 Å². The number of hydrogen-bond acceptors (Lipinski definition) is 1. The second-order valence-electron chi connectivity index (χ2n) is 7.89. The molecule has 1 amide bonds. The van der Waals surface area contributed by atoms with E-state index in [0.717, 1.165) is 29.5 Å². The van der Waals surface area contributed by atoms with Crippen molar-refractivity contribution in [2.45, 2.75) is 43.0 Å². The predicted molar refractivity (Wildman–Crippen MR) is 124 cm³/mol. The van der Waals surface area contributed by atoms with Crippen LogP contribution in [0.3, 0.4) is 0 Å². The molecule has 2 nitrogen and oxygen atoms in total. The van der Waals surface area contributed by atoms with Crippen LogP contribution in [0.25, 0.3) is 0 Å². The minimum atomic E-state index is -0.946. The summed E-state index contributed by atoms with van der Waals surface area (Å²) in [5, 5.41) is 3.78. The molecule has 1 aliphatic rings. The molecule has 4 heteroatoms. The molecule has 0 bridgehead atoms. The molecule has 0 saturated heterocycles. The summed E-state index contributed by atoms with van der Waals surface area (Å²) in [4.78, 5) is 11.8. The SMILES string of the molecule is O=C(NC1CCCCC1)c1ccc(C(Cl)(c2ccccc2)c2ccccc2Cl)cc1. The van der Waals surface area contributed by atoms with E-state index in [0.29, 0.717) is 10.6 Å². The Balaban J connectivity index is 1.67. The van der Waals surface area contributed by atoms with Crippen molar-refractivity contribution in [3.05, 3.63) is 106 Å². The number of hydrogen-bond donors (Lipinski definition) is 1. The highest BCUT2D eigenvalue weighted by Gasteiger charge is 2.35. The van der Waals surface area contributed by atoms with E-state index in [1.807, 2.05) is 78.9 Å². The average Bonchev–Trinajstić information content (AvgIpc) is 2.80. The van der Waals surface area contributed by atoms with Gasteiger partial charge in [-0.05, 0) is 42.2 Å². The van der Waals surface area contributed by atoms with Crippen LogP contribution < -0.4 is 5.32 Å². The second kappa shape index (κ2) is 9.24. The molecule has 3 aromatic rings. The lowest BCUT2D eigenvalue weighted by Gasteiger charge is -2.30. The van der Waals surface area contributed by atoms with Crippen LogP contribution >= 0.6 is 23.2 Å². The maximum atomic E-state index is 12.7. The van der Waals surface area contributed by atoms with E-state index in [9.17, 15) is 4.79 Å². The van der Waals surface area contributed by atoms with Crippen molar-refractivity contribution >= 4 is 29.1 Å². The highest BCUT2D eigenvalue weighted by Crippen LogP contribution is 2.45. The monoisotopic (exact) mass is 437 g/mol. The van der Waals surface area contributed by atoms with Crippen LogP contribution in [0.4, 0.5) is 0 Å². The summed E-state index contributed by atoms with van der Waals surface area (Å²) in [6, 6.07) is 25.4. The van der Waals surface area contributed by atoms with E-state index in [1.165, 1.54) is 19.3 Å². The molecule has 1 atom stereocenters. The Morgan fingerprint density at radius 2 is 1.40 bits per heavy atom. The van der Waals surface area contributed by atoms with Gasteiger partial charge in [0.1, 0.15) is 4.87 Å². The lowest BCUT2D eigenvalue weighted by atomic mass is 9.83. The zero-order valence-electron chi connectivity index (χ0n) is 16.8. The van der Waals surface area contributed by atoms with Gasteiger partial charge in [-0.2, -0.15) is 0 Å². The van der Waals surface area contributed by atoms with Gasteiger partial charge < -0.3 is 5.32 Å². The summed E-state index contributed by atoms with van der Waals surface area (Å²) >= 11 is 13.9. The number of benzene rings is 3. The van der Waals surface area contributed by atoms with Gasteiger partial charge in [0.2, 0.25) is 0 Å². The van der Waals surface area contributed by atoms with Crippen LogP contribution in [0.5, 0.6) is 0 Å². The van der Waals surface area contributed by atoms with E-state index in [2.05, 4.69) is 5.32 Å². The molecule has 1 N–H and O–H groups in total. The number of rotatable bonds is 5. The minimum Gasteiger partial charge on any atom is -0.349 e. The lowest BCUT2D eigenvalue weighted by molar-refractivity contribution is 0.0927. The fraction of sp³-hybridized carbons (Fsp3) is 0.269. The number of amides is 1. The fourth-order valence-electron chi connectivity index (χ4n) is 4.25. The fourth-order valence-corrected chi connectivity index (χ4v) is 5.00. The molecule has 1 unspecified atom stereocenters. The van der Waals surface area contributed by atoms with Crippen molar-refractivity contribution in [3.8, 4) is 0 Å². The quantitative estimate of drug-likeness (QED) is 0.340. The molecule has 4 rings (SSSR count). The molecule has 1 aliphatic carbocycles. The van der Waals surface area contributed by atoms with Gasteiger partial charge in [-0.15, -0.1) is 11.6 Å². The number of nitrogens with one attached hydrogen (secondary N) is 1. The van der Waals surface area contributed by atoms with E-state index in [4.69, 9.17) is 23.2 Å². The van der Waals surface area contributed by atoms with Gasteiger partial charge in [0, 0.05) is 22.2 Å². The van der Waals surface area contributed by atoms with Crippen molar-refractivity contribution in [1.29, 1.82) is 0 Å². The van der Waals surface area contributed by atoms with Gasteiger partial charge in [0.05, 0.1) is 0 Å². The van der Waals surface area contributed by atoms with Gasteiger partial charge in [-0.1, -0.05) is 91.5 Å². The maximum Gasteiger partial charge on any atom is 0.251 e. The van der Waals surface area contributed by atoms with Crippen molar-refractivity contribution in [2.75, 3.05) is 0 Å². The molecule has 0 spiro atoms. The molecule has 30 heavy (non-hydrogen) atoms. The lowest BCUT2D eigenvalue weighted by Crippen LogP contribution is -2.36. The van der Waals surface area contributed by atoms with Crippen LogP contribution in [-0.2, 0) is 4.87 Å². The Hall–Kier alpha value is -2.29. The van der Waals surface area contributed by atoms with Gasteiger partial charge in [0.25, 0.3) is 5.91 Å². The first-order valence-corrected chi connectivity index (χ1v) is 11.3. The first kappa shape index (κ1) is 21.0. The summed E-state index contributed by atoms with van der Waals surface area (Å²) in [5.41, 5.74) is 3.27. The molecule has 0 aromatic heterocycles. The summed E-state index contributed by atoms with van der Waals surface area (Å²) < 4.78 is 0. The van der Waals surface area contributed by atoms with Crippen molar-refractivity contribution in [1.82, 2.24) is 5.32 Å². The summed E-state index contributed by atoms with van der Waals surface area (Å²) in [6.07, 6.45) is 5.77. The molecule has 0 heterocycles. The van der Waals surface area contributed by atoms with Gasteiger partial charge in [0.15, 0.2) is 0 Å². The Labute approximate surface area is 188 Å². The van der Waals surface area contributed by atoms with E-state index in [-0.39, 0.29) is 11.9 Å². The van der Waals surface area contributed by atoms with E-state index in [1.54, 1.807) is 0 Å². The number of carbonyl (C=O) groups is 1. The average molecular weight is 438 g/mol. The highest BCUT2D eigenvalue weighted by atomic mass is 35.5. The van der Waals surface area contributed by atoms with Gasteiger partial charge in [-0.3, -0.25) is 4.79 Å². The molecule has 154 valence electrons. The van der Waals surface area contributed by atoms with Crippen LogP contribution in [0, 0.1) is 0 Å². The third-order valence-corrected chi connectivity index (χ3v) is 6.87. The van der Waals surface area contributed by atoms with E-state index >= 15 is 0 Å². The van der Waals surface area contributed by atoms with Crippen LogP contribution in [0.15, 0.2) is 78.9 Å². The first-order valence-electron chi connectivity index (χ1n) is 10.5. The van der Waals surface area contributed by atoms with Gasteiger partial charge in [-0.25, -0.2) is 0 Å². The Morgan fingerprint density at radius 1 is 0.800 bits per heavy atom. The van der Waals surface area contributed by atoms with Crippen LogP contribution in [0.1, 0.15) is 59.2 Å².